The minimum Gasteiger partial charge on any atom is -0.289 e. The Morgan fingerprint density at radius 2 is 1.57 bits per heavy atom. The second-order valence-electron chi connectivity index (χ2n) is 5.43. The number of aliphatic imine (C=N–C) groups is 1. The van der Waals surface area contributed by atoms with Crippen LogP contribution in [0.25, 0.3) is 5.57 Å². The normalized spacial score (nSPS) is 17.1. The highest BCUT2D eigenvalue weighted by Gasteiger charge is 2.31. The van der Waals surface area contributed by atoms with Gasteiger partial charge in [-0.1, -0.05) is 54.6 Å². The van der Waals surface area contributed by atoms with E-state index in [1.807, 2.05) is 54.6 Å². The molecule has 2 aromatic carbocycles. The Morgan fingerprint density at radius 3 is 2.38 bits per heavy atom. The fourth-order valence-corrected chi connectivity index (χ4v) is 3.22. The third-order valence-electron chi connectivity index (χ3n) is 4.16. The molecule has 0 unspecified atom stereocenters. The van der Waals surface area contributed by atoms with Crippen LogP contribution < -0.4 is 0 Å². The Bertz CT molecular complexity index is 784. The van der Waals surface area contributed by atoms with Gasteiger partial charge in [0.15, 0.2) is 5.78 Å². The highest BCUT2D eigenvalue weighted by atomic mass is 16.1. The second-order valence-corrected chi connectivity index (χ2v) is 5.43. The van der Waals surface area contributed by atoms with E-state index in [2.05, 4.69) is 0 Å². The summed E-state index contributed by atoms with van der Waals surface area (Å²) in [7, 11) is 0. The zero-order valence-corrected chi connectivity index (χ0v) is 11.7. The molecule has 0 spiro atoms. The Morgan fingerprint density at radius 1 is 0.857 bits per heavy atom. The lowest BCUT2D eigenvalue weighted by Gasteiger charge is -2.26. The van der Waals surface area contributed by atoms with Gasteiger partial charge in [-0.2, -0.15) is 0 Å². The fraction of sp³-hybridized carbons (Fsp3) is 0.158. The number of rotatable bonds is 1. The first kappa shape index (κ1) is 12.3. The van der Waals surface area contributed by atoms with Gasteiger partial charge in [0.25, 0.3) is 0 Å². The number of fused-ring (bicyclic) bond motifs is 3. The van der Waals surface area contributed by atoms with Crippen molar-refractivity contribution >= 4 is 17.1 Å². The smallest absolute Gasteiger partial charge is 0.194 e. The number of carbonyl (C=O) groups excluding carboxylic acids is 1. The average molecular weight is 273 g/mol. The molecule has 2 aromatic rings. The van der Waals surface area contributed by atoms with Gasteiger partial charge in [0.2, 0.25) is 0 Å². The van der Waals surface area contributed by atoms with E-state index >= 15 is 0 Å². The summed E-state index contributed by atoms with van der Waals surface area (Å²) in [6, 6.07) is 17.8. The van der Waals surface area contributed by atoms with Gasteiger partial charge in [0, 0.05) is 23.2 Å². The first-order chi connectivity index (χ1) is 10.4. The maximum absolute atomic E-state index is 13.0. The van der Waals surface area contributed by atoms with E-state index in [1.165, 1.54) is 0 Å². The number of Topliss-reactive ketones (excluding diaryl/α,β-unsaturated/α-hetero) is 1. The lowest BCUT2D eigenvalue weighted by Crippen LogP contribution is -2.24. The van der Waals surface area contributed by atoms with Gasteiger partial charge in [0.1, 0.15) is 0 Å². The maximum Gasteiger partial charge on any atom is 0.194 e. The minimum absolute atomic E-state index is 0.132. The van der Waals surface area contributed by atoms with Gasteiger partial charge in [-0.15, -0.1) is 0 Å². The van der Waals surface area contributed by atoms with Crippen molar-refractivity contribution in [1.82, 2.24) is 0 Å². The van der Waals surface area contributed by atoms with Crippen LogP contribution in [0.4, 0.5) is 0 Å². The monoisotopic (exact) mass is 273 g/mol. The van der Waals surface area contributed by atoms with Crippen molar-refractivity contribution in [2.45, 2.75) is 12.8 Å². The summed E-state index contributed by atoms with van der Waals surface area (Å²) < 4.78 is 0. The van der Waals surface area contributed by atoms with E-state index in [9.17, 15) is 4.79 Å². The van der Waals surface area contributed by atoms with E-state index in [0.29, 0.717) is 0 Å². The minimum atomic E-state index is 0.132. The Kier molecular flexibility index (Phi) is 2.81. The van der Waals surface area contributed by atoms with Gasteiger partial charge in [0.05, 0.1) is 5.71 Å². The van der Waals surface area contributed by atoms with E-state index in [0.717, 1.165) is 52.9 Å². The van der Waals surface area contributed by atoms with Crippen LogP contribution in [0.5, 0.6) is 0 Å². The van der Waals surface area contributed by atoms with E-state index in [1.54, 1.807) is 0 Å². The highest BCUT2D eigenvalue weighted by Crippen LogP contribution is 2.36. The summed E-state index contributed by atoms with van der Waals surface area (Å²) >= 11 is 0. The maximum atomic E-state index is 13.0. The Balaban J connectivity index is 2.01. The molecule has 4 rings (SSSR count). The molecule has 0 fully saturated rings. The molecule has 0 amide bonds. The van der Waals surface area contributed by atoms with Crippen LogP contribution in [-0.2, 0) is 0 Å². The van der Waals surface area contributed by atoms with Crippen LogP contribution in [0.1, 0.15) is 34.3 Å². The van der Waals surface area contributed by atoms with Gasteiger partial charge >= 0.3 is 0 Å². The third-order valence-corrected chi connectivity index (χ3v) is 4.16. The van der Waals surface area contributed by atoms with Crippen LogP contribution >= 0.6 is 0 Å². The molecule has 1 aliphatic carbocycles. The topological polar surface area (TPSA) is 29.4 Å². The number of hydrogen-bond acceptors (Lipinski definition) is 2. The van der Waals surface area contributed by atoms with Crippen LogP contribution in [-0.4, -0.2) is 18.0 Å². The number of nitrogens with zero attached hydrogens (tertiary/aromatic N) is 1. The molecule has 102 valence electrons. The second kappa shape index (κ2) is 4.81. The van der Waals surface area contributed by atoms with Crippen molar-refractivity contribution in [3.8, 4) is 0 Å². The molecule has 0 bridgehead atoms. The van der Waals surface area contributed by atoms with Gasteiger partial charge < -0.3 is 0 Å². The number of hydrogen-bond donors (Lipinski definition) is 0. The van der Waals surface area contributed by atoms with Gasteiger partial charge in [-0.05, 0) is 24.0 Å². The first-order valence-corrected chi connectivity index (χ1v) is 7.34. The van der Waals surface area contributed by atoms with Gasteiger partial charge in [-0.25, -0.2) is 0 Å². The fourth-order valence-electron chi connectivity index (χ4n) is 3.22. The molecule has 0 saturated heterocycles. The molecular weight excluding hydrogens is 258 g/mol. The summed E-state index contributed by atoms with van der Waals surface area (Å²) in [5.74, 6) is 0.132. The molecule has 0 saturated carbocycles. The van der Waals surface area contributed by atoms with Crippen LogP contribution in [0.3, 0.4) is 0 Å². The Labute approximate surface area is 123 Å². The van der Waals surface area contributed by atoms with E-state index < -0.39 is 0 Å². The molecule has 0 aromatic heterocycles. The van der Waals surface area contributed by atoms with Crippen LogP contribution in [0.15, 0.2) is 65.2 Å². The number of carbonyl (C=O) groups is 1. The molecule has 0 radical (unpaired) electrons. The number of ketones is 1. The molecule has 1 aliphatic heterocycles. The van der Waals surface area contributed by atoms with E-state index in [4.69, 9.17) is 4.99 Å². The molecule has 0 atom stereocenters. The van der Waals surface area contributed by atoms with Crippen molar-refractivity contribution < 1.29 is 4.79 Å². The standard InChI is InChI=1S/C19H15NO/c21-19-15-10-5-4-9-14(15)18-16(11-6-12-20-18)17(19)13-7-2-1-3-8-13/h1-5,7-10H,6,11-12H2. The van der Waals surface area contributed by atoms with Gasteiger partial charge in [-0.3, -0.25) is 9.79 Å². The summed E-state index contributed by atoms with van der Waals surface area (Å²) in [5.41, 5.74) is 5.76. The summed E-state index contributed by atoms with van der Waals surface area (Å²) in [4.78, 5) is 17.7. The molecule has 21 heavy (non-hydrogen) atoms. The lowest BCUT2D eigenvalue weighted by molar-refractivity contribution is 0.105. The molecule has 1 heterocycles. The SMILES string of the molecule is O=C1C(c2ccccc2)=C2CCCN=C2c2ccccc21. The van der Waals surface area contributed by atoms with Crippen molar-refractivity contribution in [3.63, 3.8) is 0 Å². The average Bonchev–Trinajstić information content (AvgIpc) is 2.56. The van der Waals surface area contributed by atoms with E-state index in [-0.39, 0.29) is 5.78 Å². The molecule has 2 aliphatic rings. The largest absolute Gasteiger partial charge is 0.289 e. The zero-order valence-electron chi connectivity index (χ0n) is 11.7. The summed E-state index contributed by atoms with van der Waals surface area (Å²) in [6.07, 6.45) is 1.95. The highest BCUT2D eigenvalue weighted by molar-refractivity contribution is 6.41. The van der Waals surface area contributed by atoms with Crippen molar-refractivity contribution in [2.75, 3.05) is 6.54 Å². The molecule has 2 heteroatoms. The lowest BCUT2D eigenvalue weighted by atomic mass is 9.78. The molecular formula is C19H15NO. The van der Waals surface area contributed by atoms with Crippen molar-refractivity contribution in [3.05, 3.63) is 76.9 Å². The van der Waals surface area contributed by atoms with Crippen molar-refractivity contribution in [2.24, 2.45) is 4.99 Å². The predicted octanol–water partition coefficient (Wildman–Crippen LogP) is 3.92. The summed E-state index contributed by atoms with van der Waals surface area (Å²) in [6.45, 7) is 0.851. The van der Waals surface area contributed by atoms with Crippen LogP contribution in [0, 0.1) is 0 Å². The van der Waals surface area contributed by atoms with Crippen molar-refractivity contribution in [1.29, 1.82) is 0 Å². The molecule has 2 nitrogen and oxygen atoms in total. The first-order valence-electron chi connectivity index (χ1n) is 7.34. The van der Waals surface area contributed by atoms with Crippen LogP contribution in [0.2, 0.25) is 0 Å². The number of allylic oxidation sites excluding steroid dienone is 2. The molecule has 0 N–H and O–H groups in total. The Hall–Kier alpha value is -2.48. The summed E-state index contributed by atoms with van der Waals surface area (Å²) in [5, 5.41) is 0. The quantitative estimate of drug-likeness (QED) is 0.774. The third kappa shape index (κ3) is 1.87. The predicted molar refractivity (Wildman–Crippen MR) is 84.8 cm³/mol. The number of benzene rings is 2. The zero-order chi connectivity index (χ0) is 14.2.